The van der Waals surface area contributed by atoms with E-state index in [9.17, 15) is 14.4 Å². The van der Waals surface area contributed by atoms with E-state index in [4.69, 9.17) is 4.74 Å². The highest BCUT2D eigenvalue weighted by atomic mass is 16.5. The Hall–Kier alpha value is -2.17. The van der Waals surface area contributed by atoms with Gasteiger partial charge in [-0.25, -0.2) is 4.79 Å². The van der Waals surface area contributed by atoms with Gasteiger partial charge in [0.2, 0.25) is 0 Å². The predicted molar refractivity (Wildman–Crippen MR) is 60.9 cm³/mol. The van der Waals surface area contributed by atoms with Crippen molar-refractivity contribution in [3.8, 4) is 0 Å². The lowest BCUT2D eigenvalue weighted by Crippen LogP contribution is -2.47. The summed E-state index contributed by atoms with van der Waals surface area (Å²) in [4.78, 5) is 37.2. The van der Waals surface area contributed by atoms with E-state index in [1.54, 1.807) is 24.3 Å². The highest BCUT2D eigenvalue weighted by Crippen LogP contribution is 2.46. The summed E-state index contributed by atoms with van der Waals surface area (Å²) < 4.78 is 4.70. The van der Waals surface area contributed by atoms with E-state index in [2.05, 4.69) is 0 Å². The van der Waals surface area contributed by atoms with Gasteiger partial charge in [0, 0.05) is 0 Å². The number of nitrogens with zero attached hydrogens (tertiary/aromatic N) is 1. The Kier molecular flexibility index (Phi) is 2.08. The molecule has 0 atom stereocenters. The maximum Gasteiger partial charge on any atom is 0.332 e. The SMILES string of the molecule is COC(=O)C1(N2C(=O)c3ccccc3C2=O)CC1. The van der Waals surface area contributed by atoms with Crippen molar-refractivity contribution in [1.29, 1.82) is 0 Å². The Labute approximate surface area is 103 Å². The molecule has 0 bridgehead atoms. The van der Waals surface area contributed by atoms with Crippen molar-refractivity contribution in [2.24, 2.45) is 0 Å². The molecule has 1 heterocycles. The van der Waals surface area contributed by atoms with E-state index < -0.39 is 23.3 Å². The van der Waals surface area contributed by atoms with Crippen LogP contribution in [0.15, 0.2) is 24.3 Å². The second-order valence-corrected chi connectivity index (χ2v) is 4.51. The fourth-order valence-corrected chi connectivity index (χ4v) is 2.41. The molecule has 92 valence electrons. The lowest BCUT2D eigenvalue weighted by Gasteiger charge is -2.23. The number of benzene rings is 1. The van der Waals surface area contributed by atoms with E-state index in [-0.39, 0.29) is 0 Å². The minimum absolute atomic E-state index is 0.359. The summed E-state index contributed by atoms with van der Waals surface area (Å²) in [5.41, 5.74) is -0.350. The first-order valence-electron chi connectivity index (χ1n) is 5.68. The third-order valence-electron chi connectivity index (χ3n) is 3.51. The molecule has 0 spiro atoms. The van der Waals surface area contributed by atoms with Crippen molar-refractivity contribution in [2.45, 2.75) is 18.4 Å². The molecule has 0 unspecified atom stereocenters. The van der Waals surface area contributed by atoms with Gasteiger partial charge >= 0.3 is 5.97 Å². The van der Waals surface area contributed by atoms with Crippen LogP contribution in [0.3, 0.4) is 0 Å². The number of esters is 1. The molecule has 1 aromatic carbocycles. The molecular weight excluding hydrogens is 234 g/mol. The molecular formula is C13H11NO4. The van der Waals surface area contributed by atoms with Gasteiger partial charge in [-0.15, -0.1) is 0 Å². The van der Waals surface area contributed by atoms with Gasteiger partial charge in [-0.05, 0) is 25.0 Å². The summed E-state index contributed by atoms with van der Waals surface area (Å²) in [7, 11) is 1.26. The fourth-order valence-electron chi connectivity index (χ4n) is 2.41. The highest BCUT2D eigenvalue weighted by Gasteiger charge is 2.62. The molecule has 18 heavy (non-hydrogen) atoms. The molecule has 2 aliphatic rings. The summed E-state index contributed by atoms with van der Waals surface area (Å²) in [5.74, 6) is -1.32. The van der Waals surface area contributed by atoms with Crippen molar-refractivity contribution in [2.75, 3.05) is 7.11 Å². The minimum Gasteiger partial charge on any atom is -0.467 e. The first-order chi connectivity index (χ1) is 8.62. The van der Waals surface area contributed by atoms with Crippen LogP contribution < -0.4 is 0 Å². The molecule has 3 rings (SSSR count). The highest BCUT2D eigenvalue weighted by molar-refractivity contribution is 6.23. The van der Waals surface area contributed by atoms with E-state index in [1.807, 2.05) is 0 Å². The number of fused-ring (bicyclic) bond motifs is 1. The number of imide groups is 1. The van der Waals surface area contributed by atoms with Crippen molar-refractivity contribution in [3.05, 3.63) is 35.4 Å². The topological polar surface area (TPSA) is 63.7 Å². The van der Waals surface area contributed by atoms with E-state index in [0.29, 0.717) is 24.0 Å². The van der Waals surface area contributed by atoms with Crippen LogP contribution in [0.25, 0.3) is 0 Å². The molecule has 2 amide bonds. The molecule has 1 aliphatic heterocycles. The van der Waals surface area contributed by atoms with Gasteiger partial charge in [-0.1, -0.05) is 12.1 Å². The quantitative estimate of drug-likeness (QED) is 0.575. The van der Waals surface area contributed by atoms with Crippen molar-refractivity contribution in [3.63, 3.8) is 0 Å². The molecule has 1 fully saturated rings. The number of ether oxygens (including phenoxy) is 1. The Morgan fingerprint density at radius 3 is 2.06 bits per heavy atom. The van der Waals surface area contributed by atoms with Gasteiger partial charge in [0.25, 0.3) is 11.8 Å². The van der Waals surface area contributed by atoms with Gasteiger partial charge in [-0.3, -0.25) is 14.5 Å². The zero-order chi connectivity index (χ0) is 12.9. The number of rotatable bonds is 2. The molecule has 1 aromatic rings. The zero-order valence-electron chi connectivity index (χ0n) is 9.80. The standard InChI is InChI=1S/C13H11NO4/c1-18-12(17)13(6-7-13)14-10(15)8-4-2-3-5-9(8)11(14)16/h2-5H,6-7H2,1H3. The van der Waals surface area contributed by atoms with Crippen LogP contribution in [-0.4, -0.2) is 35.3 Å². The first kappa shape index (κ1) is 11.0. The second-order valence-electron chi connectivity index (χ2n) is 4.51. The zero-order valence-corrected chi connectivity index (χ0v) is 9.80. The largest absolute Gasteiger partial charge is 0.467 e. The van der Waals surface area contributed by atoms with Crippen LogP contribution in [0.5, 0.6) is 0 Å². The number of hydrogen-bond donors (Lipinski definition) is 0. The predicted octanol–water partition coefficient (Wildman–Crippen LogP) is 0.988. The van der Waals surface area contributed by atoms with Gasteiger partial charge < -0.3 is 4.74 Å². The third kappa shape index (κ3) is 1.19. The molecule has 0 radical (unpaired) electrons. The molecule has 5 nitrogen and oxygen atoms in total. The Balaban J connectivity index is 2.06. The maximum atomic E-state index is 12.2. The van der Waals surface area contributed by atoms with Crippen molar-refractivity contribution in [1.82, 2.24) is 4.90 Å². The third-order valence-corrected chi connectivity index (χ3v) is 3.51. The molecule has 5 heteroatoms. The molecule has 1 saturated carbocycles. The summed E-state index contributed by atoms with van der Waals surface area (Å²) in [6, 6.07) is 6.60. The molecule has 1 aliphatic carbocycles. The summed E-state index contributed by atoms with van der Waals surface area (Å²) >= 11 is 0. The summed E-state index contributed by atoms with van der Waals surface area (Å²) in [5, 5.41) is 0. The van der Waals surface area contributed by atoms with Gasteiger partial charge in [0.1, 0.15) is 5.54 Å². The number of hydrogen-bond acceptors (Lipinski definition) is 4. The lowest BCUT2D eigenvalue weighted by atomic mass is 10.1. The number of methoxy groups -OCH3 is 1. The lowest BCUT2D eigenvalue weighted by molar-refractivity contribution is -0.146. The van der Waals surface area contributed by atoms with Crippen LogP contribution in [0.4, 0.5) is 0 Å². The second kappa shape index (κ2) is 3.41. The van der Waals surface area contributed by atoms with Gasteiger partial charge in [0.05, 0.1) is 18.2 Å². The van der Waals surface area contributed by atoms with Crippen LogP contribution in [0, 0.1) is 0 Å². The Morgan fingerprint density at radius 2 is 1.67 bits per heavy atom. The number of carbonyl (C=O) groups excluding carboxylic acids is 3. The minimum atomic E-state index is -1.07. The average Bonchev–Trinajstić information content (AvgIpc) is 3.14. The van der Waals surface area contributed by atoms with Crippen molar-refractivity contribution < 1.29 is 19.1 Å². The van der Waals surface area contributed by atoms with Crippen LogP contribution >= 0.6 is 0 Å². The van der Waals surface area contributed by atoms with Crippen LogP contribution in [-0.2, 0) is 9.53 Å². The summed E-state index contributed by atoms with van der Waals surface area (Å²) in [6.45, 7) is 0. The van der Waals surface area contributed by atoms with E-state index in [1.165, 1.54) is 7.11 Å². The normalized spacial score (nSPS) is 19.7. The molecule has 0 N–H and O–H groups in total. The summed E-state index contributed by atoms with van der Waals surface area (Å²) in [6.07, 6.45) is 0.955. The van der Waals surface area contributed by atoms with Gasteiger partial charge in [-0.2, -0.15) is 0 Å². The first-order valence-corrected chi connectivity index (χ1v) is 5.68. The smallest absolute Gasteiger partial charge is 0.332 e. The maximum absolute atomic E-state index is 12.2. The van der Waals surface area contributed by atoms with Crippen LogP contribution in [0.1, 0.15) is 33.6 Å². The molecule has 0 aromatic heterocycles. The Morgan fingerprint density at radius 1 is 1.17 bits per heavy atom. The Bertz CT molecular complexity index is 539. The van der Waals surface area contributed by atoms with Crippen LogP contribution in [0.2, 0.25) is 0 Å². The number of amides is 2. The fraction of sp³-hybridized carbons (Fsp3) is 0.308. The average molecular weight is 245 g/mol. The number of carbonyl (C=O) groups is 3. The van der Waals surface area contributed by atoms with Gasteiger partial charge in [0.15, 0.2) is 0 Å². The van der Waals surface area contributed by atoms with Crippen molar-refractivity contribution >= 4 is 17.8 Å². The monoisotopic (exact) mass is 245 g/mol. The van der Waals surface area contributed by atoms with E-state index in [0.717, 1.165) is 4.90 Å². The molecule has 0 saturated heterocycles. The van der Waals surface area contributed by atoms with E-state index >= 15 is 0 Å².